The molecular weight excluding hydrogens is 180 g/mol. The summed E-state index contributed by atoms with van der Waals surface area (Å²) in [6.07, 6.45) is 3.46. The fraction of sp³-hybridized carbons (Fsp3) is 0.909. The Labute approximate surface area is 85.5 Å². The van der Waals surface area contributed by atoms with Crippen molar-refractivity contribution in [1.29, 1.82) is 0 Å². The normalized spacial score (nSPS) is 21.1. The van der Waals surface area contributed by atoms with Crippen LogP contribution in [0.3, 0.4) is 0 Å². The fourth-order valence-electron chi connectivity index (χ4n) is 1.91. The monoisotopic (exact) mass is 200 g/mol. The smallest absolute Gasteiger partial charge is 0.311 e. The number of ether oxygens (including phenoxy) is 1. The Kier molecular flexibility index (Phi) is 4.39. The van der Waals surface area contributed by atoms with Crippen LogP contribution in [0.5, 0.6) is 0 Å². The summed E-state index contributed by atoms with van der Waals surface area (Å²) in [6, 6.07) is 0. The molecule has 0 spiro atoms. The molecule has 0 bridgehead atoms. The number of rotatable bonds is 5. The third kappa shape index (κ3) is 2.47. The third-order valence-corrected chi connectivity index (χ3v) is 3.07. The Balaban J connectivity index is 2.46. The van der Waals surface area contributed by atoms with Crippen molar-refractivity contribution in [2.75, 3.05) is 6.61 Å². The molecule has 0 heterocycles. The van der Waals surface area contributed by atoms with Crippen LogP contribution in [0, 0.1) is 11.8 Å². The summed E-state index contributed by atoms with van der Waals surface area (Å²) >= 11 is 0. The number of esters is 1. The zero-order valence-electron chi connectivity index (χ0n) is 9.03. The standard InChI is InChI=1S/C11H20O3/c1-3-9(11(13)14-4-2)10(12)8-6-5-7-8/h8-10,12H,3-7H2,1-2H3. The average Bonchev–Trinajstić information content (AvgIpc) is 2.02. The molecule has 82 valence electrons. The summed E-state index contributed by atoms with van der Waals surface area (Å²) < 4.78 is 4.94. The molecule has 0 saturated heterocycles. The van der Waals surface area contributed by atoms with Gasteiger partial charge in [-0.25, -0.2) is 0 Å². The van der Waals surface area contributed by atoms with Gasteiger partial charge in [-0.2, -0.15) is 0 Å². The van der Waals surface area contributed by atoms with E-state index in [2.05, 4.69) is 0 Å². The van der Waals surface area contributed by atoms with Crippen LogP contribution in [0.4, 0.5) is 0 Å². The molecule has 0 aliphatic heterocycles. The van der Waals surface area contributed by atoms with Crippen LogP contribution in [-0.2, 0) is 9.53 Å². The Bertz CT molecular complexity index is 187. The molecule has 3 nitrogen and oxygen atoms in total. The highest BCUT2D eigenvalue weighted by Crippen LogP contribution is 2.33. The van der Waals surface area contributed by atoms with E-state index in [1.807, 2.05) is 6.92 Å². The van der Waals surface area contributed by atoms with Crippen LogP contribution in [0.15, 0.2) is 0 Å². The van der Waals surface area contributed by atoms with Crippen molar-refractivity contribution < 1.29 is 14.6 Å². The minimum atomic E-state index is -0.493. The number of hydrogen-bond acceptors (Lipinski definition) is 3. The number of aliphatic hydroxyl groups is 1. The van der Waals surface area contributed by atoms with Crippen molar-refractivity contribution >= 4 is 5.97 Å². The predicted octanol–water partition coefficient (Wildman–Crippen LogP) is 1.74. The highest BCUT2D eigenvalue weighted by Gasteiger charge is 2.35. The maximum absolute atomic E-state index is 11.5. The van der Waals surface area contributed by atoms with E-state index in [1.54, 1.807) is 6.92 Å². The molecule has 2 atom stereocenters. The van der Waals surface area contributed by atoms with E-state index in [1.165, 1.54) is 6.42 Å². The molecule has 0 aromatic rings. The van der Waals surface area contributed by atoms with Crippen LogP contribution >= 0.6 is 0 Å². The zero-order valence-corrected chi connectivity index (χ0v) is 9.03. The molecule has 0 aromatic heterocycles. The first-order valence-corrected chi connectivity index (χ1v) is 5.55. The second kappa shape index (κ2) is 5.35. The Morgan fingerprint density at radius 2 is 2.14 bits per heavy atom. The van der Waals surface area contributed by atoms with Gasteiger partial charge in [0, 0.05) is 0 Å². The SMILES string of the molecule is CCOC(=O)C(CC)C(O)C1CCC1. The van der Waals surface area contributed by atoms with Crippen LogP contribution in [0.25, 0.3) is 0 Å². The van der Waals surface area contributed by atoms with Gasteiger partial charge < -0.3 is 9.84 Å². The van der Waals surface area contributed by atoms with Crippen LogP contribution in [-0.4, -0.2) is 23.8 Å². The number of carbonyl (C=O) groups is 1. The van der Waals surface area contributed by atoms with Gasteiger partial charge in [0.05, 0.1) is 18.6 Å². The molecule has 14 heavy (non-hydrogen) atoms. The van der Waals surface area contributed by atoms with Crippen molar-refractivity contribution in [3.05, 3.63) is 0 Å². The maximum Gasteiger partial charge on any atom is 0.311 e. The van der Waals surface area contributed by atoms with Crippen molar-refractivity contribution in [3.8, 4) is 0 Å². The van der Waals surface area contributed by atoms with E-state index in [9.17, 15) is 9.90 Å². The van der Waals surface area contributed by atoms with E-state index in [0.29, 0.717) is 18.9 Å². The Morgan fingerprint density at radius 3 is 2.50 bits per heavy atom. The molecule has 0 aromatic carbocycles. The average molecular weight is 200 g/mol. The van der Waals surface area contributed by atoms with Crippen LogP contribution < -0.4 is 0 Å². The van der Waals surface area contributed by atoms with E-state index < -0.39 is 6.10 Å². The summed E-state index contributed by atoms with van der Waals surface area (Å²) in [4.78, 5) is 11.5. The molecule has 1 saturated carbocycles. The molecule has 0 amide bonds. The highest BCUT2D eigenvalue weighted by atomic mass is 16.5. The lowest BCUT2D eigenvalue weighted by Crippen LogP contribution is -2.38. The topological polar surface area (TPSA) is 46.5 Å². The van der Waals surface area contributed by atoms with Gasteiger partial charge in [-0.15, -0.1) is 0 Å². The molecule has 1 fully saturated rings. The summed E-state index contributed by atoms with van der Waals surface area (Å²) in [5.74, 6) is -0.237. The van der Waals surface area contributed by atoms with Gasteiger partial charge in [0.15, 0.2) is 0 Å². The number of aliphatic hydroxyl groups excluding tert-OH is 1. The summed E-state index contributed by atoms with van der Waals surface area (Å²) in [6.45, 7) is 4.11. The molecular formula is C11H20O3. The zero-order chi connectivity index (χ0) is 10.6. The van der Waals surface area contributed by atoms with Crippen LogP contribution in [0.2, 0.25) is 0 Å². The van der Waals surface area contributed by atoms with Gasteiger partial charge in [-0.05, 0) is 32.1 Å². The molecule has 1 rings (SSSR count). The van der Waals surface area contributed by atoms with E-state index >= 15 is 0 Å². The Morgan fingerprint density at radius 1 is 1.50 bits per heavy atom. The lowest BCUT2D eigenvalue weighted by atomic mass is 9.76. The molecule has 0 radical (unpaired) electrons. The van der Waals surface area contributed by atoms with Gasteiger partial charge in [0.2, 0.25) is 0 Å². The van der Waals surface area contributed by atoms with Gasteiger partial charge >= 0.3 is 5.97 Å². The lowest BCUT2D eigenvalue weighted by Gasteiger charge is -2.33. The lowest BCUT2D eigenvalue weighted by molar-refractivity contribution is -0.154. The first kappa shape index (κ1) is 11.5. The summed E-state index contributed by atoms with van der Waals surface area (Å²) in [5.41, 5.74) is 0. The third-order valence-electron chi connectivity index (χ3n) is 3.07. The van der Waals surface area contributed by atoms with Crippen LogP contribution in [0.1, 0.15) is 39.5 Å². The molecule has 1 aliphatic carbocycles. The first-order chi connectivity index (χ1) is 6.70. The van der Waals surface area contributed by atoms with E-state index in [4.69, 9.17) is 4.74 Å². The minimum absolute atomic E-state index is 0.241. The van der Waals surface area contributed by atoms with E-state index in [-0.39, 0.29) is 11.9 Å². The maximum atomic E-state index is 11.5. The fourth-order valence-corrected chi connectivity index (χ4v) is 1.91. The van der Waals surface area contributed by atoms with Crippen molar-refractivity contribution in [2.45, 2.75) is 45.6 Å². The van der Waals surface area contributed by atoms with Gasteiger partial charge in [0.1, 0.15) is 0 Å². The molecule has 1 N–H and O–H groups in total. The van der Waals surface area contributed by atoms with E-state index in [0.717, 1.165) is 12.8 Å². The Hall–Kier alpha value is -0.570. The second-order valence-electron chi connectivity index (χ2n) is 3.95. The number of carbonyl (C=O) groups excluding carboxylic acids is 1. The minimum Gasteiger partial charge on any atom is -0.466 e. The van der Waals surface area contributed by atoms with Crippen molar-refractivity contribution in [3.63, 3.8) is 0 Å². The first-order valence-electron chi connectivity index (χ1n) is 5.55. The summed E-state index contributed by atoms with van der Waals surface area (Å²) in [5, 5.41) is 9.92. The largest absolute Gasteiger partial charge is 0.466 e. The number of hydrogen-bond donors (Lipinski definition) is 1. The van der Waals surface area contributed by atoms with Crippen molar-refractivity contribution in [2.24, 2.45) is 11.8 Å². The predicted molar refractivity (Wildman–Crippen MR) is 53.8 cm³/mol. The molecule has 1 aliphatic rings. The summed E-state index contributed by atoms with van der Waals surface area (Å²) in [7, 11) is 0. The van der Waals surface area contributed by atoms with Gasteiger partial charge in [0.25, 0.3) is 0 Å². The molecule has 2 unspecified atom stereocenters. The van der Waals surface area contributed by atoms with Gasteiger partial charge in [-0.3, -0.25) is 4.79 Å². The second-order valence-corrected chi connectivity index (χ2v) is 3.95. The highest BCUT2D eigenvalue weighted by molar-refractivity contribution is 5.73. The van der Waals surface area contributed by atoms with Crippen molar-refractivity contribution in [1.82, 2.24) is 0 Å². The molecule has 3 heteroatoms. The quantitative estimate of drug-likeness (QED) is 0.687. The van der Waals surface area contributed by atoms with Gasteiger partial charge in [-0.1, -0.05) is 13.3 Å².